The van der Waals surface area contributed by atoms with Crippen molar-refractivity contribution in [1.29, 1.82) is 5.26 Å². The zero-order valence-electron chi connectivity index (χ0n) is 14.4. The fourth-order valence-electron chi connectivity index (χ4n) is 2.26. The third kappa shape index (κ3) is 5.50. The van der Waals surface area contributed by atoms with Crippen LogP contribution in [-0.2, 0) is 10.0 Å². The Balaban J connectivity index is 2.06. The highest BCUT2D eigenvalue weighted by Crippen LogP contribution is 2.21. The molecule has 0 bridgehead atoms. The van der Waals surface area contributed by atoms with Gasteiger partial charge in [0.25, 0.3) is 5.91 Å². The first-order valence-electron chi connectivity index (χ1n) is 7.97. The van der Waals surface area contributed by atoms with E-state index >= 15 is 0 Å². The van der Waals surface area contributed by atoms with Gasteiger partial charge in [-0.15, -0.1) is 0 Å². The first kappa shape index (κ1) is 20.8. The van der Waals surface area contributed by atoms with Gasteiger partial charge in [-0.25, -0.2) is 17.5 Å². The van der Waals surface area contributed by atoms with Crippen LogP contribution in [0.15, 0.2) is 47.4 Å². The van der Waals surface area contributed by atoms with Crippen molar-refractivity contribution < 1.29 is 17.6 Å². The molecule has 0 aromatic heterocycles. The van der Waals surface area contributed by atoms with E-state index in [9.17, 15) is 17.6 Å². The van der Waals surface area contributed by atoms with E-state index in [0.717, 1.165) is 0 Å². The summed E-state index contributed by atoms with van der Waals surface area (Å²) >= 11 is 5.75. The van der Waals surface area contributed by atoms with Crippen molar-refractivity contribution in [2.24, 2.45) is 0 Å². The van der Waals surface area contributed by atoms with E-state index in [4.69, 9.17) is 16.9 Å². The highest BCUT2D eigenvalue weighted by Gasteiger charge is 2.16. The number of hydrogen-bond acceptors (Lipinski definition) is 4. The number of carbonyl (C=O) groups excluding carboxylic acids is 1. The molecular weight excluding hydrogens is 393 g/mol. The minimum Gasteiger partial charge on any atom is -0.346 e. The highest BCUT2D eigenvalue weighted by atomic mass is 35.5. The molecule has 142 valence electrons. The molecular formula is C18H17ClFN3O3S. The quantitative estimate of drug-likeness (QED) is 0.686. The SMILES string of the molecule is CC(NC(=O)c1ccc(S(=O)(=O)NCCC#N)cc1)c1ccc(F)c(Cl)c1. The Morgan fingerprint density at radius 3 is 2.52 bits per heavy atom. The number of carbonyl (C=O) groups is 1. The van der Waals surface area contributed by atoms with Gasteiger partial charge in [-0.3, -0.25) is 4.79 Å². The number of nitriles is 1. The summed E-state index contributed by atoms with van der Waals surface area (Å²) in [4.78, 5) is 12.3. The molecule has 27 heavy (non-hydrogen) atoms. The Hall–Kier alpha value is -2.47. The summed E-state index contributed by atoms with van der Waals surface area (Å²) < 4.78 is 39.6. The number of amides is 1. The van der Waals surface area contributed by atoms with Gasteiger partial charge >= 0.3 is 0 Å². The Bertz CT molecular complexity index is 972. The van der Waals surface area contributed by atoms with Crippen LogP contribution in [0.2, 0.25) is 5.02 Å². The Kier molecular flexibility index (Phi) is 6.91. The number of nitrogens with one attached hydrogen (secondary N) is 2. The minimum atomic E-state index is -3.73. The Labute approximate surface area is 162 Å². The molecule has 0 radical (unpaired) electrons. The smallest absolute Gasteiger partial charge is 0.251 e. The summed E-state index contributed by atoms with van der Waals surface area (Å²) in [5.74, 6) is -0.955. The van der Waals surface area contributed by atoms with E-state index in [1.807, 2.05) is 6.07 Å². The summed E-state index contributed by atoms with van der Waals surface area (Å²) in [5, 5.41) is 11.2. The molecule has 2 aromatic rings. The van der Waals surface area contributed by atoms with Gasteiger partial charge in [-0.1, -0.05) is 17.7 Å². The van der Waals surface area contributed by atoms with Crippen LogP contribution >= 0.6 is 11.6 Å². The van der Waals surface area contributed by atoms with Crippen molar-refractivity contribution in [3.05, 3.63) is 64.4 Å². The first-order valence-corrected chi connectivity index (χ1v) is 9.83. The van der Waals surface area contributed by atoms with E-state index in [2.05, 4.69) is 10.0 Å². The largest absolute Gasteiger partial charge is 0.346 e. The van der Waals surface area contributed by atoms with Crippen molar-refractivity contribution in [3.8, 4) is 6.07 Å². The number of halogens is 2. The molecule has 6 nitrogen and oxygen atoms in total. The lowest BCUT2D eigenvalue weighted by Gasteiger charge is -2.15. The standard InChI is InChI=1S/C18H17ClFN3O3S/c1-12(14-5-8-17(20)16(19)11-14)23-18(24)13-3-6-15(7-4-13)27(25,26)22-10-2-9-21/h3-8,11-12,22H,2,10H2,1H3,(H,23,24). The summed E-state index contributed by atoms with van der Waals surface area (Å²) in [6.07, 6.45) is 0.0605. The summed E-state index contributed by atoms with van der Waals surface area (Å²) in [5.41, 5.74) is 0.904. The van der Waals surface area contributed by atoms with Crippen molar-refractivity contribution >= 4 is 27.5 Å². The fourth-order valence-corrected chi connectivity index (χ4v) is 3.48. The Morgan fingerprint density at radius 2 is 1.93 bits per heavy atom. The topological polar surface area (TPSA) is 99.1 Å². The molecule has 1 atom stereocenters. The third-order valence-electron chi connectivity index (χ3n) is 3.75. The van der Waals surface area contributed by atoms with Gasteiger partial charge in [0, 0.05) is 18.5 Å². The van der Waals surface area contributed by atoms with E-state index < -0.39 is 27.8 Å². The van der Waals surface area contributed by atoms with Crippen LogP contribution in [0.4, 0.5) is 4.39 Å². The second-order valence-corrected chi connectivity index (χ2v) is 7.87. The average Bonchev–Trinajstić information content (AvgIpc) is 2.64. The average molecular weight is 410 g/mol. The van der Waals surface area contributed by atoms with Gasteiger partial charge in [-0.05, 0) is 48.9 Å². The second-order valence-electron chi connectivity index (χ2n) is 5.70. The van der Waals surface area contributed by atoms with Crippen LogP contribution < -0.4 is 10.0 Å². The van der Waals surface area contributed by atoms with Crippen molar-refractivity contribution in [2.75, 3.05) is 6.54 Å². The monoisotopic (exact) mass is 409 g/mol. The maximum atomic E-state index is 13.2. The molecule has 0 heterocycles. The van der Waals surface area contributed by atoms with Crippen molar-refractivity contribution in [1.82, 2.24) is 10.0 Å². The number of hydrogen-bond donors (Lipinski definition) is 2. The molecule has 0 fully saturated rings. The molecule has 0 saturated carbocycles. The number of rotatable bonds is 7. The zero-order valence-corrected chi connectivity index (χ0v) is 15.9. The summed E-state index contributed by atoms with van der Waals surface area (Å²) in [6, 6.07) is 11.0. The summed E-state index contributed by atoms with van der Waals surface area (Å²) in [6.45, 7) is 1.73. The van der Waals surface area contributed by atoms with E-state index in [-0.39, 0.29) is 28.4 Å². The van der Waals surface area contributed by atoms with Gasteiger partial charge < -0.3 is 5.32 Å². The highest BCUT2D eigenvalue weighted by molar-refractivity contribution is 7.89. The Morgan fingerprint density at radius 1 is 1.26 bits per heavy atom. The number of nitrogens with zero attached hydrogens (tertiary/aromatic N) is 1. The van der Waals surface area contributed by atoms with Gasteiger partial charge in [0.15, 0.2) is 0 Å². The van der Waals surface area contributed by atoms with Crippen molar-refractivity contribution in [3.63, 3.8) is 0 Å². The summed E-state index contributed by atoms with van der Waals surface area (Å²) in [7, 11) is -3.73. The van der Waals surface area contributed by atoms with Gasteiger partial charge in [0.2, 0.25) is 10.0 Å². The predicted octanol–water partition coefficient (Wildman–Crippen LogP) is 3.16. The first-order chi connectivity index (χ1) is 12.7. The maximum absolute atomic E-state index is 13.2. The van der Waals surface area contributed by atoms with Crippen LogP contribution in [0.25, 0.3) is 0 Å². The normalized spacial score (nSPS) is 12.2. The maximum Gasteiger partial charge on any atom is 0.251 e. The van der Waals surface area contributed by atoms with E-state index in [1.165, 1.54) is 42.5 Å². The molecule has 0 aliphatic heterocycles. The van der Waals surface area contributed by atoms with Crippen LogP contribution in [0, 0.1) is 17.1 Å². The van der Waals surface area contributed by atoms with Crippen molar-refractivity contribution in [2.45, 2.75) is 24.3 Å². The van der Waals surface area contributed by atoms with Crippen LogP contribution in [0.3, 0.4) is 0 Å². The zero-order chi connectivity index (χ0) is 20.0. The van der Waals surface area contributed by atoms with E-state index in [1.54, 1.807) is 6.92 Å². The molecule has 2 aromatic carbocycles. The molecule has 1 amide bonds. The molecule has 2 rings (SSSR count). The molecule has 0 aliphatic carbocycles. The molecule has 1 unspecified atom stereocenters. The van der Waals surface area contributed by atoms with Crippen LogP contribution in [0.1, 0.15) is 35.3 Å². The lowest BCUT2D eigenvalue weighted by molar-refractivity contribution is 0.0940. The van der Waals surface area contributed by atoms with Gasteiger partial charge in [0.05, 0.1) is 22.0 Å². The second kappa shape index (κ2) is 8.95. The predicted molar refractivity (Wildman–Crippen MR) is 99.2 cm³/mol. The van der Waals surface area contributed by atoms with Gasteiger partial charge in [0.1, 0.15) is 5.82 Å². The lowest BCUT2D eigenvalue weighted by Crippen LogP contribution is -2.27. The lowest BCUT2D eigenvalue weighted by atomic mass is 10.1. The van der Waals surface area contributed by atoms with E-state index in [0.29, 0.717) is 5.56 Å². The molecule has 2 N–H and O–H groups in total. The number of benzene rings is 2. The molecule has 0 aliphatic rings. The minimum absolute atomic E-state index is 0.00430. The molecule has 0 saturated heterocycles. The number of sulfonamides is 1. The fraction of sp³-hybridized carbons (Fsp3) is 0.222. The van der Waals surface area contributed by atoms with Crippen LogP contribution in [-0.4, -0.2) is 20.9 Å². The van der Waals surface area contributed by atoms with Gasteiger partial charge in [-0.2, -0.15) is 5.26 Å². The molecule has 9 heteroatoms. The third-order valence-corrected chi connectivity index (χ3v) is 5.51. The molecule has 0 spiro atoms. The van der Waals surface area contributed by atoms with Crippen LogP contribution in [0.5, 0.6) is 0 Å².